The fourth-order valence-corrected chi connectivity index (χ4v) is 4.88. The van der Waals surface area contributed by atoms with Crippen molar-refractivity contribution in [3.05, 3.63) is 77.9 Å². The highest BCUT2D eigenvalue weighted by atomic mass is 32.2. The van der Waals surface area contributed by atoms with E-state index < -0.39 is 39.6 Å². The molecule has 8 nitrogen and oxygen atoms in total. The summed E-state index contributed by atoms with van der Waals surface area (Å²) in [5.74, 6) is -1.72. The number of likely N-dealkylation sites (tertiary alicyclic amines) is 1. The van der Waals surface area contributed by atoms with E-state index in [0.717, 1.165) is 6.07 Å². The standard InChI is InChI=1S/C25H24F2N4O4S/c1-15-8-9-17(13-20(15)26)30-25(33)31-12-4-6-22(31)24(32)29-16-10-11-18(21(27)14-16)19-5-2-3-7-23(19)36(28,34)35/h2-3,5,7-11,13-14,22H,4,6,12H2,1H3,(H,29,32)(H,30,33)(H2,28,34,35). The zero-order valence-electron chi connectivity index (χ0n) is 19.3. The SMILES string of the molecule is Cc1ccc(NC(=O)N2CCCC2C(=O)Nc2ccc(-c3ccccc3S(N)(=O)=O)c(F)c2)cc1F. The van der Waals surface area contributed by atoms with Crippen LogP contribution in [0.3, 0.4) is 0 Å². The molecule has 0 spiro atoms. The summed E-state index contributed by atoms with van der Waals surface area (Å²) in [5.41, 5.74) is 0.956. The van der Waals surface area contributed by atoms with E-state index in [1.807, 2.05) is 0 Å². The molecule has 0 aromatic heterocycles. The summed E-state index contributed by atoms with van der Waals surface area (Å²) in [6.45, 7) is 1.94. The van der Waals surface area contributed by atoms with Gasteiger partial charge in [0, 0.05) is 29.0 Å². The molecule has 4 rings (SSSR count). The van der Waals surface area contributed by atoms with Crippen molar-refractivity contribution in [2.75, 3.05) is 17.2 Å². The maximum Gasteiger partial charge on any atom is 0.322 e. The Labute approximate surface area is 207 Å². The van der Waals surface area contributed by atoms with Crippen LogP contribution in [-0.2, 0) is 14.8 Å². The number of benzene rings is 3. The number of nitrogens with one attached hydrogen (secondary N) is 2. The molecular weight excluding hydrogens is 490 g/mol. The van der Waals surface area contributed by atoms with Gasteiger partial charge in [0.25, 0.3) is 0 Å². The number of carbonyl (C=O) groups excluding carboxylic acids is 2. The number of rotatable bonds is 5. The second-order valence-electron chi connectivity index (χ2n) is 8.47. The quantitative estimate of drug-likeness (QED) is 0.472. The van der Waals surface area contributed by atoms with Gasteiger partial charge in [-0.25, -0.2) is 27.1 Å². The van der Waals surface area contributed by atoms with Gasteiger partial charge in [-0.2, -0.15) is 0 Å². The minimum atomic E-state index is -4.08. The minimum Gasteiger partial charge on any atom is -0.324 e. The Balaban J connectivity index is 1.49. The summed E-state index contributed by atoms with van der Waals surface area (Å²) in [5, 5.41) is 10.5. The van der Waals surface area contributed by atoms with Crippen molar-refractivity contribution >= 4 is 33.3 Å². The van der Waals surface area contributed by atoms with E-state index in [4.69, 9.17) is 5.14 Å². The molecular formula is C25H24F2N4O4S. The second kappa shape index (κ2) is 10.0. The third kappa shape index (κ3) is 5.37. The maximum absolute atomic E-state index is 14.9. The first-order valence-electron chi connectivity index (χ1n) is 11.1. The van der Waals surface area contributed by atoms with Crippen LogP contribution in [-0.4, -0.2) is 37.8 Å². The third-order valence-corrected chi connectivity index (χ3v) is 6.93. The number of halogens is 2. The van der Waals surface area contributed by atoms with E-state index in [2.05, 4.69) is 10.6 Å². The van der Waals surface area contributed by atoms with Crippen LogP contribution in [0, 0.1) is 18.6 Å². The number of primary sulfonamides is 1. The number of urea groups is 1. The van der Waals surface area contributed by atoms with E-state index in [9.17, 15) is 26.8 Å². The molecule has 1 aliphatic rings. The molecule has 3 aromatic rings. The van der Waals surface area contributed by atoms with E-state index in [1.165, 1.54) is 41.3 Å². The fraction of sp³-hybridized carbons (Fsp3) is 0.200. The van der Waals surface area contributed by atoms with Gasteiger partial charge in [0.05, 0.1) is 4.90 Å². The summed E-state index contributed by atoms with van der Waals surface area (Å²) < 4.78 is 52.5. The molecule has 1 atom stereocenters. The predicted molar refractivity (Wildman–Crippen MR) is 132 cm³/mol. The highest BCUT2D eigenvalue weighted by molar-refractivity contribution is 7.89. The zero-order chi connectivity index (χ0) is 26.0. The molecule has 188 valence electrons. The molecule has 1 aliphatic heterocycles. The smallest absolute Gasteiger partial charge is 0.322 e. The third-order valence-electron chi connectivity index (χ3n) is 5.96. The number of nitrogens with two attached hydrogens (primary N) is 1. The second-order valence-corrected chi connectivity index (χ2v) is 10.0. The average molecular weight is 515 g/mol. The average Bonchev–Trinajstić information content (AvgIpc) is 3.31. The Hall–Kier alpha value is -3.83. The lowest BCUT2D eigenvalue weighted by molar-refractivity contribution is -0.119. The van der Waals surface area contributed by atoms with Gasteiger partial charge in [-0.15, -0.1) is 0 Å². The Morgan fingerprint density at radius 1 is 0.944 bits per heavy atom. The Morgan fingerprint density at radius 3 is 2.31 bits per heavy atom. The van der Waals surface area contributed by atoms with Crippen molar-refractivity contribution in [3.63, 3.8) is 0 Å². The number of sulfonamides is 1. The molecule has 0 aliphatic carbocycles. The summed E-state index contributed by atoms with van der Waals surface area (Å²) >= 11 is 0. The van der Waals surface area contributed by atoms with Gasteiger partial charge in [-0.3, -0.25) is 4.79 Å². The van der Waals surface area contributed by atoms with Crippen molar-refractivity contribution in [3.8, 4) is 11.1 Å². The molecule has 0 bridgehead atoms. The number of aryl methyl sites for hydroxylation is 1. The van der Waals surface area contributed by atoms with Crippen molar-refractivity contribution < 1.29 is 26.8 Å². The molecule has 0 saturated carbocycles. The first-order valence-corrected chi connectivity index (χ1v) is 12.7. The molecule has 1 saturated heterocycles. The van der Waals surface area contributed by atoms with Crippen LogP contribution < -0.4 is 15.8 Å². The Kier molecular flexibility index (Phi) is 7.04. The van der Waals surface area contributed by atoms with Crippen LogP contribution in [0.1, 0.15) is 18.4 Å². The first kappa shape index (κ1) is 25.3. The zero-order valence-corrected chi connectivity index (χ0v) is 20.1. The van der Waals surface area contributed by atoms with E-state index in [0.29, 0.717) is 24.9 Å². The van der Waals surface area contributed by atoms with Crippen molar-refractivity contribution in [2.24, 2.45) is 5.14 Å². The van der Waals surface area contributed by atoms with Gasteiger partial charge < -0.3 is 15.5 Å². The van der Waals surface area contributed by atoms with Gasteiger partial charge in [-0.05, 0) is 61.7 Å². The maximum atomic E-state index is 14.9. The molecule has 3 amide bonds. The Bertz CT molecular complexity index is 1450. The lowest BCUT2D eigenvalue weighted by Gasteiger charge is -2.24. The van der Waals surface area contributed by atoms with Crippen LogP contribution in [0.5, 0.6) is 0 Å². The predicted octanol–water partition coefficient (Wildman–Crippen LogP) is 4.22. The van der Waals surface area contributed by atoms with E-state index in [1.54, 1.807) is 25.1 Å². The number of nitrogens with zero attached hydrogens (tertiary/aromatic N) is 1. The summed E-state index contributed by atoms with van der Waals surface area (Å²) in [7, 11) is -4.08. The van der Waals surface area contributed by atoms with Gasteiger partial charge in [-0.1, -0.05) is 24.3 Å². The van der Waals surface area contributed by atoms with Crippen LogP contribution >= 0.6 is 0 Å². The Morgan fingerprint density at radius 2 is 1.61 bits per heavy atom. The van der Waals surface area contributed by atoms with Gasteiger partial charge in [0.2, 0.25) is 15.9 Å². The van der Waals surface area contributed by atoms with E-state index in [-0.39, 0.29) is 27.4 Å². The minimum absolute atomic E-state index is 0.00447. The molecule has 1 unspecified atom stereocenters. The van der Waals surface area contributed by atoms with E-state index >= 15 is 0 Å². The molecule has 0 radical (unpaired) electrons. The largest absolute Gasteiger partial charge is 0.324 e. The number of hydrogen-bond donors (Lipinski definition) is 3. The van der Waals surface area contributed by atoms with Gasteiger partial charge >= 0.3 is 6.03 Å². The van der Waals surface area contributed by atoms with Gasteiger partial charge in [0.1, 0.15) is 17.7 Å². The topological polar surface area (TPSA) is 122 Å². The van der Waals surface area contributed by atoms with Gasteiger partial charge in [0.15, 0.2) is 0 Å². The fourth-order valence-electron chi connectivity index (χ4n) is 4.12. The summed E-state index contributed by atoms with van der Waals surface area (Å²) in [6, 6.07) is 12.6. The lowest BCUT2D eigenvalue weighted by atomic mass is 10.0. The number of hydrogen-bond acceptors (Lipinski definition) is 4. The molecule has 3 aromatic carbocycles. The van der Waals surface area contributed by atoms with Crippen molar-refractivity contribution in [2.45, 2.75) is 30.7 Å². The summed E-state index contributed by atoms with van der Waals surface area (Å²) in [6.07, 6.45) is 0.995. The summed E-state index contributed by atoms with van der Waals surface area (Å²) in [4.78, 5) is 26.8. The number of amides is 3. The van der Waals surface area contributed by atoms with Crippen LogP contribution in [0.15, 0.2) is 65.6 Å². The van der Waals surface area contributed by atoms with Crippen LogP contribution in [0.4, 0.5) is 25.0 Å². The molecule has 1 fully saturated rings. The highest BCUT2D eigenvalue weighted by Gasteiger charge is 2.34. The molecule has 36 heavy (non-hydrogen) atoms. The number of carbonyl (C=O) groups is 2. The van der Waals surface area contributed by atoms with Crippen molar-refractivity contribution in [1.29, 1.82) is 0 Å². The highest BCUT2D eigenvalue weighted by Crippen LogP contribution is 2.31. The number of anilines is 2. The van der Waals surface area contributed by atoms with Crippen LogP contribution in [0.2, 0.25) is 0 Å². The molecule has 11 heteroatoms. The molecule has 1 heterocycles. The van der Waals surface area contributed by atoms with Crippen molar-refractivity contribution in [1.82, 2.24) is 4.90 Å². The molecule has 4 N–H and O–H groups in total. The lowest BCUT2D eigenvalue weighted by Crippen LogP contribution is -2.45. The monoisotopic (exact) mass is 514 g/mol. The first-order chi connectivity index (χ1) is 17.0. The normalized spacial score (nSPS) is 15.6. The van der Waals surface area contributed by atoms with Crippen LogP contribution in [0.25, 0.3) is 11.1 Å².